The van der Waals surface area contributed by atoms with Crippen LogP contribution < -0.4 is 5.32 Å². The van der Waals surface area contributed by atoms with E-state index in [1.54, 1.807) is 12.1 Å². The zero-order chi connectivity index (χ0) is 11.5. The lowest BCUT2D eigenvalue weighted by Crippen LogP contribution is -2.44. The van der Waals surface area contributed by atoms with Gasteiger partial charge in [0.05, 0.1) is 0 Å². The van der Waals surface area contributed by atoms with Gasteiger partial charge in [-0.15, -0.1) is 12.4 Å². The smallest absolute Gasteiger partial charge is 0.129 e. The molecule has 1 aliphatic heterocycles. The van der Waals surface area contributed by atoms with Gasteiger partial charge in [0, 0.05) is 42.8 Å². The Morgan fingerprint density at radius 1 is 1.35 bits per heavy atom. The minimum absolute atomic E-state index is 0. The van der Waals surface area contributed by atoms with E-state index in [9.17, 15) is 4.39 Å². The molecule has 0 aromatic heterocycles. The molecule has 17 heavy (non-hydrogen) atoms. The molecule has 0 saturated carbocycles. The molecule has 0 unspecified atom stereocenters. The van der Waals surface area contributed by atoms with Crippen molar-refractivity contribution in [1.29, 1.82) is 0 Å². The van der Waals surface area contributed by atoms with Crippen LogP contribution in [0.5, 0.6) is 0 Å². The van der Waals surface area contributed by atoms with Gasteiger partial charge >= 0.3 is 0 Å². The van der Waals surface area contributed by atoms with E-state index in [0.717, 1.165) is 31.7 Å². The summed E-state index contributed by atoms with van der Waals surface area (Å²) >= 11 is 5.74. The van der Waals surface area contributed by atoms with Crippen LogP contribution in [0.2, 0.25) is 5.02 Å². The summed E-state index contributed by atoms with van der Waals surface area (Å²) in [5.74, 6) is -0.210. The quantitative estimate of drug-likeness (QED) is 0.895. The van der Waals surface area contributed by atoms with E-state index in [2.05, 4.69) is 10.2 Å². The third-order valence-electron chi connectivity index (χ3n) is 3.11. The number of nitrogens with one attached hydrogen (secondary N) is 1. The Morgan fingerprint density at radius 2 is 2.00 bits per heavy atom. The number of halogens is 3. The lowest BCUT2D eigenvalue weighted by Gasteiger charge is -2.33. The van der Waals surface area contributed by atoms with Gasteiger partial charge in [-0.25, -0.2) is 4.39 Å². The minimum atomic E-state index is -0.210. The number of rotatable bonds is 2. The Bertz CT molecular complexity index is 368. The van der Waals surface area contributed by atoms with Gasteiger partial charge in [-0.05, 0) is 19.1 Å². The second-order valence-corrected chi connectivity index (χ2v) is 4.56. The Balaban J connectivity index is 0.00000144. The molecule has 1 aromatic carbocycles. The highest BCUT2D eigenvalue weighted by atomic mass is 35.5. The fraction of sp³-hybridized carbons (Fsp3) is 0.500. The van der Waals surface area contributed by atoms with E-state index in [1.807, 2.05) is 6.92 Å². The molecule has 0 amide bonds. The van der Waals surface area contributed by atoms with Crippen LogP contribution in [0.25, 0.3) is 0 Å². The second-order valence-electron chi connectivity index (χ2n) is 4.13. The zero-order valence-corrected chi connectivity index (χ0v) is 11.3. The summed E-state index contributed by atoms with van der Waals surface area (Å²) in [6, 6.07) is 5.03. The van der Waals surface area contributed by atoms with Crippen molar-refractivity contribution in [1.82, 2.24) is 10.2 Å². The molecule has 1 N–H and O–H groups in total. The summed E-state index contributed by atoms with van der Waals surface area (Å²) in [5.41, 5.74) is 0.728. The number of benzene rings is 1. The summed E-state index contributed by atoms with van der Waals surface area (Å²) in [7, 11) is 0. The van der Waals surface area contributed by atoms with Crippen LogP contribution in [0.3, 0.4) is 0 Å². The third kappa shape index (κ3) is 3.55. The average Bonchev–Trinajstić information content (AvgIpc) is 2.29. The second kappa shape index (κ2) is 6.55. The SMILES string of the molecule is C[C@@H](c1ccc(Cl)cc1F)N1CCNCC1.Cl. The summed E-state index contributed by atoms with van der Waals surface area (Å²) in [4.78, 5) is 2.28. The van der Waals surface area contributed by atoms with Crippen molar-refractivity contribution < 1.29 is 4.39 Å². The van der Waals surface area contributed by atoms with Gasteiger partial charge in [-0.3, -0.25) is 4.90 Å². The molecular formula is C12H17Cl2FN2. The van der Waals surface area contributed by atoms with E-state index in [4.69, 9.17) is 11.6 Å². The van der Waals surface area contributed by atoms with Crippen molar-refractivity contribution in [2.24, 2.45) is 0 Å². The number of piperazine rings is 1. The first-order chi connectivity index (χ1) is 7.68. The van der Waals surface area contributed by atoms with E-state index in [0.29, 0.717) is 5.02 Å². The Morgan fingerprint density at radius 3 is 2.59 bits per heavy atom. The molecule has 5 heteroatoms. The Kier molecular flexibility index (Phi) is 5.67. The molecule has 0 aliphatic carbocycles. The van der Waals surface area contributed by atoms with Crippen LogP contribution in [0.1, 0.15) is 18.5 Å². The van der Waals surface area contributed by atoms with Gasteiger partial charge in [0.2, 0.25) is 0 Å². The lowest BCUT2D eigenvalue weighted by molar-refractivity contribution is 0.182. The van der Waals surface area contributed by atoms with Gasteiger partial charge in [0.15, 0.2) is 0 Å². The lowest BCUT2D eigenvalue weighted by atomic mass is 10.1. The van der Waals surface area contributed by atoms with Crippen LogP contribution in [0, 0.1) is 5.82 Å². The summed E-state index contributed by atoms with van der Waals surface area (Å²) in [6.45, 7) is 5.91. The van der Waals surface area contributed by atoms with Crippen molar-refractivity contribution in [3.8, 4) is 0 Å². The van der Waals surface area contributed by atoms with Crippen LogP contribution >= 0.6 is 24.0 Å². The maximum atomic E-state index is 13.7. The van der Waals surface area contributed by atoms with E-state index in [-0.39, 0.29) is 24.3 Å². The number of nitrogens with zero attached hydrogens (tertiary/aromatic N) is 1. The van der Waals surface area contributed by atoms with Crippen molar-refractivity contribution in [3.63, 3.8) is 0 Å². The molecule has 0 spiro atoms. The van der Waals surface area contributed by atoms with Crippen LogP contribution in [0.15, 0.2) is 18.2 Å². The first-order valence-corrected chi connectivity index (χ1v) is 5.96. The van der Waals surface area contributed by atoms with Crippen LogP contribution in [0.4, 0.5) is 4.39 Å². The predicted molar refractivity (Wildman–Crippen MR) is 71.5 cm³/mol. The summed E-state index contributed by atoms with van der Waals surface area (Å²) in [5, 5.41) is 3.74. The highest BCUT2D eigenvalue weighted by Gasteiger charge is 2.20. The fourth-order valence-corrected chi connectivity index (χ4v) is 2.27. The molecule has 2 rings (SSSR count). The number of hydrogen-bond acceptors (Lipinski definition) is 2. The maximum absolute atomic E-state index is 13.7. The fourth-order valence-electron chi connectivity index (χ4n) is 2.11. The summed E-state index contributed by atoms with van der Waals surface area (Å²) < 4.78 is 13.7. The molecule has 0 bridgehead atoms. The van der Waals surface area contributed by atoms with Crippen LogP contribution in [-0.4, -0.2) is 31.1 Å². The molecule has 2 nitrogen and oxygen atoms in total. The van der Waals surface area contributed by atoms with Gasteiger partial charge < -0.3 is 5.32 Å². The molecular weight excluding hydrogens is 262 g/mol. The monoisotopic (exact) mass is 278 g/mol. The van der Waals surface area contributed by atoms with Crippen molar-refractivity contribution in [3.05, 3.63) is 34.6 Å². The average molecular weight is 279 g/mol. The van der Waals surface area contributed by atoms with E-state index in [1.165, 1.54) is 6.07 Å². The van der Waals surface area contributed by atoms with Gasteiger partial charge in [0.1, 0.15) is 5.82 Å². The van der Waals surface area contributed by atoms with Crippen molar-refractivity contribution in [2.75, 3.05) is 26.2 Å². The largest absolute Gasteiger partial charge is 0.314 e. The van der Waals surface area contributed by atoms with Crippen molar-refractivity contribution >= 4 is 24.0 Å². The van der Waals surface area contributed by atoms with E-state index >= 15 is 0 Å². The van der Waals surface area contributed by atoms with Crippen LogP contribution in [-0.2, 0) is 0 Å². The summed E-state index contributed by atoms with van der Waals surface area (Å²) in [6.07, 6.45) is 0. The zero-order valence-electron chi connectivity index (χ0n) is 9.75. The van der Waals surface area contributed by atoms with E-state index < -0.39 is 0 Å². The molecule has 1 aliphatic rings. The first-order valence-electron chi connectivity index (χ1n) is 5.58. The highest BCUT2D eigenvalue weighted by Crippen LogP contribution is 2.25. The standard InChI is InChI=1S/C12H16ClFN2.ClH/c1-9(16-6-4-15-5-7-16)11-3-2-10(13)8-12(11)14;/h2-3,8-9,15H,4-7H2,1H3;1H/t9-;/m0./s1. The molecule has 1 aromatic rings. The minimum Gasteiger partial charge on any atom is -0.314 e. The van der Waals surface area contributed by atoms with Gasteiger partial charge in [0.25, 0.3) is 0 Å². The highest BCUT2D eigenvalue weighted by molar-refractivity contribution is 6.30. The molecule has 1 fully saturated rings. The van der Waals surface area contributed by atoms with Crippen molar-refractivity contribution in [2.45, 2.75) is 13.0 Å². The van der Waals surface area contributed by atoms with Gasteiger partial charge in [-0.1, -0.05) is 17.7 Å². The predicted octanol–water partition coefficient (Wildman–Crippen LogP) is 2.87. The topological polar surface area (TPSA) is 15.3 Å². The number of hydrogen-bond donors (Lipinski definition) is 1. The maximum Gasteiger partial charge on any atom is 0.129 e. The third-order valence-corrected chi connectivity index (χ3v) is 3.35. The Hall–Kier alpha value is -0.350. The first kappa shape index (κ1) is 14.7. The Labute approximate surface area is 113 Å². The molecule has 1 atom stereocenters. The molecule has 1 saturated heterocycles. The van der Waals surface area contributed by atoms with Gasteiger partial charge in [-0.2, -0.15) is 0 Å². The molecule has 1 heterocycles. The molecule has 0 radical (unpaired) electrons. The normalized spacial score (nSPS) is 18.5. The molecule has 96 valence electrons.